The van der Waals surface area contributed by atoms with E-state index in [4.69, 9.17) is 0 Å². The minimum Gasteiger partial charge on any atom is -0.309 e. The van der Waals surface area contributed by atoms with E-state index in [1.807, 2.05) is 11.3 Å². The topological polar surface area (TPSA) is 9.86 Å². The Balaban J connectivity index is 1.03. The highest BCUT2D eigenvalue weighted by atomic mass is 32.1. The van der Waals surface area contributed by atoms with E-state index in [0.717, 1.165) is 6.42 Å². The molecule has 0 amide bonds. The monoisotopic (exact) mass is 744 g/mol. The number of hydrogen-bond donors (Lipinski definition) is 0. The quantitative estimate of drug-likeness (QED) is 0.166. The molecule has 268 valence electrons. The van der Waals surface area contributed by atoms with E-state index >= 15 is 0 Å². The summed E-state index contributed by atoms with van der Waals surface area (Å²) in [5.74, 6) is 0.287. The van der Waals surface area contributed by atoms with Crippen molar-refractivity contribution in [3.8, 4) is 22.5 Å². The van der Waals surface area contributed by atoms with Crippen LogP contribution in [0.3, 0.4) is 0 Å². The van der Waals surface area contributed by atoms with Gasteiger partial charge >= 0.3 is 0 Å². The molecule has 1 unspecified atom stereocenters. The zero-order chi connectivity index (χ0) is 37.5. The van der Waals surface area contributed by atoms with Crippen molar-refractivity contribution < 1.29 is 0 Å². The van der Waals surface area contributed by atoms with E-state index in [0.29, 0.717) is 0 Å². The van der Waals surface area contributed by atoms with Crippen LogP contribution in [0.15, 0.2) is 200 Å². The summed E-state index contributed by atoms with van der Waals surface area (Å²) < 4.78 is 7.60. The smallest absolute Gasteiger partial charge is 0.0541 e. The maximum Gasteiger partial charge on any atom is 0.0541 e. The largest absolute Gasteiger partial charge is 0.309 e. The van der Waals surface area contributed by atoms with Crippen LogP contribution in [0.1, 0.15) is 23.5 Å². The fraction of sp³-hybridized carbons (Fsp3) is 0.0370. The first-order chi connectivity index (χ1) is 28.3. The van der Waals surface area contributed by atoms with Gasteiger partial charge in [-0.3, -0.25) is 0 Å². The highest BCUT2D eigenvalue weighted by molar-refractivity contribution is 7.26. The SMILES string of the molecule is C1=CC(c2cc(-n3c4ccccc4c4cc(-c5ccc6c(c5)c5ccccc5n6-c5ccccc5)ccc43)cc3c2sc2ccccc23)CC=C1c1ccccc1. The zero-order valence-electron chi connectivity index (χ0n) is 31.1. The van der Waals surface area contributed by atoms with Gasteiger partial charge in [0.15, 0.2) is 0 Å². The maximum absolute atomic E-state index is 2.50. The van der Waals surface area contributed by atoms with Crippen molar-refractivity contribution in [1.29, 1.82) is 0 Å². The molecule has 0 bridgehead atoms. The summed E-state index contributed by atoms with van der Waals surface area (Å²) in [5.41, 5.74) is 13.7. The number of para-hydroxylation sites is 3. The molecular weight excluding hydrogens is 709 g/mol. The number of fused-ring (bicyclic) bond motifs is 9. The van der Waals surface area contributed by atoms with Gasteiger partial charge in [-0.1, -0.05) is 133 Å². The summed E-state index contributed by atoms with van der Waals surface area (Å²) in [5, 5.41) is 7.72. The molecule has 0 aliphatic heterocycles. The average Bonchev–Trinajstić information content (AvgIpc) is 3.94. The van der Waals surface area contributed by atoms with Gasteiger partial charge in [-0.05, 0) is 101 Å². The summed E-state index contributed by atoms with van der Waals surface area (Å²) in [6, 6.07) is 67.0. The Kier molecular flexibility index (Phi) is 7.26. The van der Waals surface area contributed by atoms with Crippen LogP contribution >= 0.6 is 11.3 Å². The lowest BCUT2D eigenvalue weighted by molar-refractivity contribution is 0.865. The van der Waals surface area contributed by atoms with Gasteiger partial charge in [0.2, 0.25) is 0 Å². The standard InChI is InChI=1S/C54H36N2S/c1-3-13-35(14-4-1)36-23-25-37(26-24-36)45-33-41(34-48-44-19-9-12-22-53(44)57-54(45)48)56-50-21-11-8-18-43(50)47-32-39(28-30-52(47)56)38-27-29-51-46(31-38)42-17-7-10-20-49(42)55(51)40-15-5-2-6-16-40/h1-25,27-34,37H,26H2. The highest BCUT2D eigenvalue weighted by Crippen LogP contribution is 2.45. The predicted molar refractivity (Wildman–Crippen MR) is 244 cm³/mol. The summed E-state index contributed by atoms with van der Waals surface area (Å²) >= 11 is 1.93. The molecule has 0 N–H and O–H groups in total. The van der Waals surface area contributed by atoms with E-state index in [2.05, 4.69) is 209 Å². The van der Waals surface area contributed by atoms with Crippen molar-refractivity contribution in [2.45, 2.75) is 12.3 Å². The van der Waals surface area contributed by atoms with Gasteiger partial charge in [0.1, 0.15) is 0 Å². The molecular formula is C54H36N2S. The van der Waals surface area contributed by atoms with E-state index in [-0.39, 0.29) is 5.92 Å². The molecule has 1 aliphatic carbocycles. The van der Waals surface area contributed by atoms with Crippen LogP contribution in [0.2, 0.25) is 0 Å². The predicted octanol–water partition coefficient (Wildman–Crippen LogP) is 15.0. The van der Waals surface area contributed by atoms with Crippen LogP contribution in [0.4, 0.5) is 0 Å². The molecule has 12 rings (SSSR count). The van der Waals surface area contributed by atoms with E-state index < -0.39 is 0 Å². The molecule has 1 atom stereocenters. The van der Waals surface area contributed by atoms with Crippen LogP contribution in [-0.4, -0.2) is 9.13 Å². The van der Waals surface area contributed by atoms with Gasteiger partial charge in [-0.15, -0.1) is 11.3 Å². The molecule has 3 heteroatoms. The molecule has 0 fully saturated rings. The number of rotatable bonds is 5. The molecule has 57 heavy (non-hydrogen) atoms. The molecule has 8 aromatic carbocycles. The number of allylic oxidation sites excluding steroid dienone is 4. The third kappa shape index (κ3) is 5.09. The van der Waals surface area contributed by atoms with Crippen molar-refractivity contribution in [1.82, 2.24) is 9.13 Å². The Morgan fingerprint density at radius 1 is 0.421 bits per heavy atom. The molecule has 11 aromatic rings. The van der Waals surface area contributed by atoms with Crippen molar-refractivity contribution in [2.75, 3.05) is 0 Å². The number of nitrogens with zero attached hydrogens (tertiary/aromatic N) is 2. The Morgan fingerprint density at radius 2 is 0.982 bits per heavy atom. The zero-order valence-corrected chi connectivity index (χ0v) is 32.0. The van der Waals surface area contributed by atoms with E-state index in [1.54, 1.807) is 0 Å². The van der Waals surface area contributed by atoms with Gasteiger partial charge in [-0.2, -0.15) is 0 Å². The number of benzene rings is 8. The molecule has 0 saturated carbocycles. The number of hydrogen-bond acceptors (Lipinski definition) is 1. The molecule has 2 nitrogen and oxygen atoms in total. The van der Waals surface area contributed by atoms with Crippen LogP contribution < -0.4 is 0 Å². The summed E-state index contributed by atoms with van der Waals surface area (Å²) in [7, 11) is 0. The molecule has 1 aliphatic rings. The van der Waals surface area contributed by atoms with Gasteiger partial charge < -0.3 is 9.13 Å². The lowest BCUT2D eigenvalue weighted by Crippen LogP contribution is -2.02. The number of thiophene rings is 1. The summed E-state index contributed by atoms with van der Waals surface area (Å²) in [6.07, 6.45) is 8.15. The van der Waals surface area contributed by atoms with Crippen molar-refractivity contribution in [3.63, 3.8) is 0 Å². The second-order valence-electron chi connectivity index (χ2n) is 15.2. The molecule has 0 radical (unpaired) electrons. The van der Waals surface area contributed by atoms with E-state index in [9.17, 15) is 0 Å². The first-order valence-corrected chi connectivity index (χ1v) is 20.6. The van der Waals surface area contributed by atoms with Gasteiger partial charge in [-0.25, -0.2) is 0 Å². The minimum atomic E-state index is 0.287. The Bertz CT molecular complexity index is 3430. The van der Waals surface area contributed by atoms with Gasteiger partial charge in [0.05, 0.1) is 22.1 Å². The van der Waals surface area contributed by atoms with Gasteiger partial charge in [0.25, 0.3) is 0 Å². The van der Waals surface area contributed by atoms with Crippen LogP contribution in [0.5, 0.6) is 0 Å². The van der Waals surface area contributed by atoms with Gasteiger partial charge in [0, 0.05) is 59.0 Å². The van der Waals surface area contributed by atoms with Crippen molar-refractivity contribution in [2.24, 2.45) is 0 Å². The Morgan fingerprint density at radius 3 is 1.63 bits per heavy atom. The number of aromatic nitrogens is 2. The molecule has 0 spiro atoms. The molecule has 3 heterocycles. The Labute approximate surface area is 334 Å². The second kappa shape index (κ2) is 12.8. The van der Waals surface area contributed by atoms with Crippen LogP contribution in [-0.2, 0) is 0 Å². The molecule has 0 saturated heterocycles. The lowest BCUT2D eigenvalue weighted by Gasteiger charge is -2.20. The first-order valence-electron chi connectivity index (χ1n) is 19.8. The third-order valence-electron chi connectivity index (χ3n) is 12.0. The normalized spacial score (nSPS) is 14.5. The van der Waals surface area contributed by atoms with Crippen molar-refractivity contribution in [3.05, 3.63) is 211 Å². The lowest BCUT2D eigenvalue weighted by atomic mass is 9.87. The third-order valence-corrected chi connectivity index (χ3v) is 13.3. The van der Waals surface area contributed by atoms with Crippen LogP contribution in [0.25, 0.3) is 91.9 Å². The van der Waals surface area contributed by atoms with E-state index in [1.165, 1.54) is 103 Å². The molecule has 3 aromatic heterocycles. The highest BCUT2D eigenvalue weighted by Gasteiger charge is 2.22. The van der Waals surface area contributed by atoms with Crippen molar-refractivity contribution >= 4 is 80.7 Å². The minimum absolute atomic E-state index is 0.287. The fourth-order valence-electron chi connectivity index (χ4n) is 9.38. The average molecular weight is 745 g/mol. The first kappa shape index (κ1) is 32.3. The second-order valence-corrected chi connectivity index (χ2v) is 16.3. The fourth-order valence-corrected chi connectivity index (χ4v) is 10.6. The summed E-state index contributed by atoms with van der Waals surface area (Å²) in [6.45, 7) is 0. The Hall–Kier alpha value is -6.94. The van der Waals surface area contributed by atoms with Crippen LogP contribution in [0, 0.1) is 0 Å². The maximum atomic E-state index is 2.50. The summed E-state index contributed by atoms with van der Waals surface area (Å²) in [4.78, 5) is 0.